The van der Waals surface area contributed by atoms with Crippen LogP contribution in [0.2, 0.25) is 0 Å². The summed E-state index contributed by atoms with van der Waals surface area (Å²) in [6, 6.07) is 16.1. The van der Waals surface area contributed by atoms with Crippen molar-refractivity contribution in [3.8, 4) is 0 Å². The molecule has 0 radical (unpaired) electrons. The van der Waals surface area contributed by atoms with Crippen molar-refractivity contribution in [3.63, 3.8) is 0 Å². The number of hydrogen-bond acceptors (Lipinski definition) is 4. The number of nitrogens with one attached hydrogen (secondary N) is 1. The van der Waals surface area contributed by atoms with Crippen molar-refractivity contribution in [1.29, 1.82) is 0 Å². The van der Waals surface area contributed by atoms with Crippen molar-refractivity contribution >= 4 is 23.1 Å². The summed E-state index contributed by atoms with van der Waals surface area (Å²) >= 11 is 0. The van der Waals surface area contributed by atoms with Gasteiger partial charge in [-0.15, -0.1) is 0 Å². The number of pyridine rings is 2. The van der Waals surface area contributed by atoms with E-state index >= 15 is 0 Å². The molecule has 140 valence electrons. The maximum absolute atomic E-state index is 13.6. The number of aromatic nitrogens is 2. The molecule has 1 amide bonds. The molecule has 3 aromatic rings. The molecule has 0 saturated heterocycles. The van der Waals surface area contributed by atoms with E-state index < -0.39 is 0 Å². The maximum Gasteiger partial charge on any atom is 0.230 e. The summed E-state index contributed by atoms with van der Waals surface area (Å²) in [7, 11) is 0. The van der Waals surface area contributed by atoms with E-state index in [-0.39, 0.29) is 11.8 Å². The summed E-state index contributed by atoms with van der Waals surface area (Å²) in [6.07, 6.45) is 7.10. The lowest BCUT2D eigenvalue weighted by atomic mass is 9.97. The zero-order valence-electron chi connectivity index (χ0n) is 15.6. The first kappa shape index (κ1) is 16.9. The van der Waals surface area contributed by atoms with Gasteiger partial charge in [0.15, 0.2) is 0 Å². The molecular weight excluding hydrogens is 348 g/mol. The second-order valence-corrected chi connectivity index (χ2v) is 7.46. The highest BCUT2D eigenvalue weighted by Crippen LogP contribution is 2.36. The van der Waals surface area contributed by atoms with Crippen molar-refractivity contribution in [2.75, 3.05) is 10.2 Å². The summed E-state index contributed by atoms with van der Waals surface area (Å²) in [5, 5.41) is 3.40. The Hall–Kier alpha value is -3.21. The van der Waals surface area contributed by atoms with Gasteiger partial charge in [0, 0.05) is 29.6 Å². The van der Waals surface area contributed by atoms with Gasteiger partial charge in [0.05, 0.1) is 17.9 Å². The smallest absolute Gasteiger partial charge is 0.230 e. The first-order chi connectivity index (χ1) is 13.8. The molecule has 0 bridgehead atoms. The number of carbonyl (C=O) groups excluding carboxylic acids is 1. The van der Waals surface area contributed by atoms with Gasteiger partial charge < -0.3 is 10.2 Å². The average molecular weight is 370 g/mol. The normalized spacial score (nSPS) is 18.0. The highest BCUT2D eigenvalue weighted by molar-refractivity contribution is 5.99. The number of para-hydroxylation sites is 2. The Morgan fingerprint density at radius 1 is 0.929 bits per heavy atom. The van der Waals surface area contributed by atoms with Crippen LogP contribution in [0.1, 0.15) is 29.7 Å². The second-order valence-electron chi connectivity index (χ2n) is 7.46. The Balaban J connectivity index is 1.47. The maximum atomic E-state index is 13.6. The number of amides is 1. The summed E-state index contributed by atoms with van der Waals surface area (Å²) in [4.78, 5) is 24.6. The van der Waals surface area contributed by atoms with Crippen LogP contribution in [0.4, 0.5) is 17.2 Å². The zero-order chi connectivity index (χ0) is 18.9. The molecule has 1 aliphatic carbocycles. The van der Waals surface area contributed by atoms with Crippen molar-refractivity contribution in [1.82, 2.24) is 9.97 Å². The number of benzene rings is 1. The molecule has 0 spiro atoms. The number of rotatable bonds is 1. The standard InChI is InChI=1S/C23H22N4O/c28-23(17-10-9-16-5-3-13-24-19(16)12-11-17)27-15-18-6-4-14-25-22(18)26-20-7-1-2-8-21(20)27/h1-8,13-14,17H,9-12,15H2,(H,25,26)/t17-/m1/s1. The Morgan fingerprint density at radius 2 is 1.71 bits per heavy atom. The Bertz CT molecular complexity index is 1010. The summed E-state index contributed by atoms with van der Waals surface area (Å²) in [6.45, 7) is 0.535. The van der Waals surface area contributed by atoms with Crippen LogP contribution in [0.25, 0.3) is 0 Å². The van der Waals surface area contributed by atoms with E-state index in [1.807, 2.05) is 53.6 Å². The average Bonchev–Trinajstić information content (AvgIpc) is 3.05. The van der Waals surface area contributed by atoms with Crippen LogP contribution in [-0.4, -0.2) is 15.9 Å². The van der Waals surface area contributed by atoms with Crippen LogP contribution < -0.4 is 10.2 Å². The number of hydrogen-bond donors (Lipinski definition) is 1. The topological polar surface area (TPSA) is 58.1 Å². The number of anilines is 3. The molecular formula is C23H22N4O. The van der Waals surface area contributed by atoms with Crippen LogP contribution in [0.3, 0.4) is 0 Å². The third kappa shape index (κ3) is 3.03. The predicted octanol–water partition coefficient (Wildman–Crippen LogP) is 4.26. The Kier molecular flexibility index (Phi) is 4.28. The molecule has 1 aromatic carbocycles. The molecule has 1 atom stereocenters. The summed E-state index contributed by atoms with van der Waals surface area (Å²) in [5.41, 5.74) is 5.30. The lowest BCUT2D eigenvalue weighted by molar-refractivity contribution is -0.122. The van der Waals surface area contributed by atoms with Gasteiger partial charge in [-0.25, -0.2) is 4.98 Å². The number of fused-ring (bicyclic) bond motifs is 3. The van der Waals surface area contributed by atoms with Gasteiger partial charge in [-0.3, -0.25) is 9.78 Å². The minimum Gasteiger partial charge on any atom is -0.338 e. The van der Waals surface area contributed by atoms with Crippen LogP contribution in [-0.2, 0) is 24.2 Å². The number of nitrogens with zero attached hydrogens (tertiary/aromatic N) is 3. The molecule has 5 nitrogen and oxygen atoms in total. The van der Waals surface area contributed by atoms with Gasteiger partial charge in [0.25, 0.3) is 0 Å². The van der Waals surface area contributed by atoms with E-state index in [9.17, 15) is 4.79 Å². The van der Waals surface area contributed by atoms with Crippen molar-refractivity contribution in [2.45, 2.75) is 32.2 Å². The minimum atomic E-state index is 0.000442. The Labute approximate surface area is 164 Å². The molecule has 5 rings (SSSR count). The molecule has 28 heavy (non-hydrogen) atoms. The largest absolute Gasteiger partial charge is 0.338 e. The van der Waals surface area contributed by atoms with Gasteiger partial charge >= 0.3 is 0 Å². The molecule has 1 aliphatic heterocycles. The van der Waals surface area contributed by atoms with Crippen molar-refractivity contribution in [3.05, 3.63) is 77.7 Å². The van der Waals surface area contributed by atoms with Crippen LogP contribution in [0.5, 0.6) is 0 Å². The van der Waals surface area contributed by atoms with Crippen LogP contribution in [0, 0.1) is 5.92 Å². The second kappa shape index (κ2) is 7.08. The van der Waals surface area contributed by atoms with E-state index in [0.717, 1.165) is 54.1 Å². The predicted molar refractivity (Wildman–Crippen MR) is 110 cm³/mol. The van der Waals surface area contributed by atoms with E-state index in [4.69, 9.17) is 0 Å². The SMILES string of the molecule is O=C([C@@H]1CCc2cccnc2CC1)N1Cc2cccnc2Nc2ccccc21. The van der Waals surface area contributed by atoms with Crippen LogP contribution in [0.15, 0.2) is 60.9 Å². The fourth-order valence-electron chi connectivity index (χ4n) is 4.25. The highest BCUT2D eigenvalue weighted by atomic mass is 16.2. The van der Waals surface area contributed by atoms with E-state index in [1.54, 1.807) is 6.20 Å². The van der Waals surface area contributed by atoms with Gasteiger partial charge in [0.2, 0.25) is 5.91 Å². The number of carbonyl (C=O) groups is 1. The zero-order valence-corrected chi connectivity index (χ0v) is 15.6. The van der Waals surface area contributed by atoms with Crippen molar-refractivity contribution < 1.29 is 4.79 Å². The van der Waals surface area contributed by atoms with Crippen LogP contribution >= 0.6 is 0 Å². The summed E-state index contributed by atoms with van der Waals surface area (Å²) < 4.78 is 0. The van der Waals surface area contributed by atoms with Gasteiger partial charge in [-0.05, 0) is 55.5 Å². The Morgan fingerprint density at radius 3 is 2.64 bits per heavy atom. The first-order valence-electron chi connectivity index (χ1n) is 9.84. The molecule has 1 N–H and O–H groups in total. The third-order valence-corrected chi connectivity index (χ3v) is 5.76. The minimum absolute atomic E-state index is 0.000442. The molecule has 5 heteroatoms. The van der Waals surface area contributed by atoms with Gasteiger partial charge in [-0.2, -0.15) is 0 Å². The highest BCUT2D eigenvalue weighted by Gasteiger charge is 2.31. The lowest BCUT2D eigenvalue weighted by Crippen LogP contribution is -2.35. The van der Waals surface area contributed by atoms with E-state index in [1.165, 1.54) is 5.56 Å². The molecule has 2 aromatic heterocycles. The van der Waals surface area contributed by atoms with E-state index in [2.05, 4.69) is 21.4 Å². The third-order valence-electron chi connectivity index (χ3n) is 5.76. The van der Waals surface area contributed by atoms with E-state index in [0.29, 0.717) is 6.54 Å². The van der Waals surface area contributed by atoms with Gasteiger partial charge in [-0.1, -0.05) is 24.3 Å². The van der Waals surface area contributed by atoms with Gasteiger partial charge in [0.1, 0.15) is 5.82 Å². The molecule has 0 unspecified atom stereocenters. The quantitative estimate of drug-likeness (QED) is 0.650. The molecule has 3 heterocycles. The first-order valence-corrected chi connectivity index (χ1v) is 9.84. The number of aryl methyl sites for hydroxylation is 2. The molecule has 0 saturated carbocycles. The lowest BCUT2D eigenvalue weighted by Gasteiger charge is -2.27. The molecule has 2 aliphatic rings. The molecule has 0 fully saturated rings. The fraction of sp³-hybridized carbons (Fsp3) is 0.261. The van der Waals surface area contributed by atoms with Crippen molar-refractivity contribution in [2.24, 2.45) is 5.92 Å². The fourth-order valence-corrected chi connectivity index (χ4v) is 4.25. The monoisotopic (exact) mass is 370 g/mol. The summed E-state index contributed by atoms with van der Waals surface area (Å²) in [5.74, 6) is 1.02.